The average Bonchev–Trinajstić information content (AvgIpc) is 3.14. The first-order valence-electron chi connectivity index (χ1n) is 8.51. The summed E-state index contributed by atoms with van der Waals surface area (Å²) in [6.07, 6.45) is 3.20. The molecule has 1 N–H and O–H groups in total. The molecule has 0 aliphatic heterocycles. The summed E-state index contributed by atoms with van der Waals surface area (Å²) in [4.78, 5) is 16.7. The molecule has 1 aromatic carbocycles. The maximum absolute atomic E-state index is 14.3. The first kappa shape index (κ1) is 16.4. The van der Waals surface area contributed by atoms with E-state index >= 15 is 0 Å². The van der Waals surface area contributed by atoms with Gasteiger partial charge in [-0.1, -0.05) is 11.6 Å². The Balaban J connectivity index is 1.55. The Labute approximate surface area is 158 Å². The number of benzene rings is 1. The number of carbonyl (C=O) groups excluding carboxylic acids is 1. The van der Waals surface area contributed by atoms with Crippen LogP contribution in [0, 0.1) is 17.6 Å². The van der Waals surface area contributed by atoms with Crippen molar-refractivity contribution < 1.29 is 13.6 Å². The number of aromatic nitrogens is 3. The number of hydrogen-bond acceptors (Lipinski definition) is 3. The minimum absolute atomic E-state index is 0.146. The van der Waals surface area contributed by atoms with Gasteiger partial charge in [0.2, 0.25) is 0 Å². The van der Waals surface area contributed by atoms with Gasteiger partial charge >= 0.3 is 0 Å². The van der Waals surface area contributed by atoms with Gasteiger partial charge in [-0.2, -0.15) is 5.10 Å². The molecule has 0 unspecified atom stereocenters. The van der Waals surface area contributed by atoms with Gasteiger partial charge in [-0.3, -0.25) is 4.79 Å². The number of fused-ring (bicyclic) bond motifs is 3. The fraction of sp³-hybridized carbons (Fsp3) is 0.211. The molecule has 0 saturated heterocycles. The molecule has 0 spiro atoms. The molecule has 0 bridgehead atoms. The van der Waals surface area contributed by atoms with E-state index in [9.17, 15) is 13.6 Å². The lowest BCUT2D eigenvalue weighted by atomic mass is 10.1. The summed E-state index contributed by atoms with van der Waals surface area (Å²) in [5, 5.41) is 7.45. The first-order chi connectivity index (χ1) is 13.0. The predicted octanol–water partition coefficient (Wildman–Crippen LogP) is 4.11. The van der Waals surface area contributed by atoms with E-state index in [2.05, 4.69) is 15.4 Å². The minimum Gasteiger partial charge on any atom is -0.319 e. The molecule has 3 aromatic rings. The number of hydrogen-bond donors (Lipinski definition) is 1. The summed E-state index contributed by atoms with van der Waals surface area (Å²) in [5.41, 5.74) is 2.58. The second-order valence-corrected chi connectivity index (χ2v) is 7.24. The Kier molecular flexibility index (Phi) is 3.55. The molecule has 5 rings (SSSR count). The zero-order valence-corrected chi connectivity index (χ0v) is 14.7. The molecule has 2 atom stereocenters. The van der Waals surface area contributed by atoms with E-state index in [0.717, 1.165) is 30.2 Å². The topological polar surface area (TPSA) is 59.8 Å². The normalized spacial score (nSPS) is 19.5. The summed E-state index contributed by atoms with van der Waals surface area (Å²) < 4.78 is 29.1. The largest absolute Gasteiger partial charge is 0.319 e. The molecule has 136 valence electrons. The Hall–Kier alpha value is -2.80. The predicted molar refractivity (Wildman–Crippen MR) is 95.2 cm³/mol. The number of nitrogens with zero attached hydrogens (tertiary/aromatic N) is 3. The monoisotopic (exact) mass is 386 g/mol. The van der Waals surface area contributed by atoms with Crippen LogP contribution in [0.15, 0.2) is 36.5 Å². The highest BCUT2D eigenvalue weighted by molar-refractivity contribution is 6.29. The highest BCUT2D eigenvalue weighted by Crippen LogP contribution is 2.57. The molecule has 1 amide bonds. The molecular weight excluding hydrogens is 374 g/mol. The molecule has 2 heterocycles. The van der Waals surface area contributed by atoms with Crippen LogP contribution in [0.5, 0.6) is 0 Å². The number of carbonyl (C=O) groups is 1. The molecule has 27 heavy (non-hydrogen) atoms. The van der Waals surface area contributed by atoms with E-state index in [1.807, 2.05) is 0 Å². The second kappa shape index (κ2) is 5.85. The van der Waals surface area contributed by atoms with Crippen LogP contribution < -0.4 is 5.32 Å². The van der Waals surface area contributed by atoms with Crippen LogP contribution in [0.4, 0.5) is 14.5 Å². The van der Waals surface area contributed by atoms with Gasteiger partial charge in [0.05, 0.1) is 17.6 Å². The SMILES string of the molecule is O=C(Nc1ccc(Cl)nc1)c1nn(-c2ccc(F)cc2F)c2c1C[C@H]1C[C@@H]21. The van der Waals surface area contributed by atoms with E-state index in [4.69, 9.17) is 11.6 Å². The number of rotatable bonds is 3. The lowest BCUT2D eigenvalue weighted by Crippen LogP contribution is -2.15. The standard InChI is InChI=1S/C19H13ClF2N4O/c20-16-4-2-11(8-23-16)24-19(27)17-13-6-9-5-12(9)18(13)26(25-17)15-3-1-10(21)7-14(15)22/h1-4,7-9,12H,5-6H2,(H,24,27)/t9-,12-/m1/s1. The zero-order valence-electron chi connectivity index (χ0n) is 13.9. The van der Waals surface area contributed by atoms with E-state index in [-0.39, 0.29) is 17.3 Å². The molecule has 5 nitrogen and oxygen atoms in total. The van der Waals surface area contributed by atoms with Crippen molar-refractivity contribution in [1.82, 2.24) is 14.8 Å². The van der Waals surface area contributed by atoms with Crippen molar-refractivity contribution in [3.05, 3.63) is 70.3 Å². The van der Waals surface area contributed by atoms with Crippen LogP contribution in [0.2, 0.25) is 5.15 Å². The van der Waals surface area contributed by atoms with Gasteiger partial charge in [0, 0.05) is 17.5 Å². The summed E-state index contributed by atoms with van der Waals surface area (Å²) in [7, 11) is 0. The third kappa shape index (κ3) is 2.70. The Bertz CT molecular complexity index is 1080. The zero-order chi connectivity index (χ0) is 18.7. The van der Waals surface area contributed by atoms with Gasteiger partial charge in [-0.25, -0.2) is 18.4 Å². The van der Waals surface area contributed by atoms with Crippen LogP contribution in [-0.4, -0.2) is 20.7 Å². The van der Waals surface area contributed by atoms with Crippen LogP contribution >= 0.6 is 11.6 Å². The van der Waals surface area contributed by atoms with Crippen LogP contribution in [-0.2, 0) is 6.42 Å². The molecule has 2 aliphatic carbocycles. The van der Waals surface area contributed by atoms with Gasteiger partial charge in [-0.05, 0) is 43.0 Å². The van der Waals surface area contributed by atoms with Gasteiger partial charge in [0.15, 0.2) is 11.5 Å². The van der Waals surface area contributed by atoms with Crippen molar-refractivity contribution in [2.24, 2.45) is 5.92 Å². The third-order valence-electron chi connectivity index (χ3n) is 5.10. The van der Waals surface area contributed by atoms with Gasteiger partial charge < -0.3 is 5.32 Å². The number of pyridine rings is 1. The van der Waals surface area contributed by atoms with Crippen molar-refractivity contribution >= 4 is 23.2 Å². The molecule has 0 radical (unpaired) electrons. The average molecular weight is 387 g/mol. The first-order valence-corrected chi connectivity index (χ1v) is 8.89. The summed E-state index contributed by atoms with van der Waals surface area (Å²) >= 11 is 5.76. The Morgan fingerprint density at radius 1 is 1.26 bits per heavy atom. The highest BCUT2D eigenvalue weighted by atomic mass is 35.5. The van der Waals surface area contributed by atoms with Gasteiger partial charge in [0.1, 0.15) is 16.7 Å². The fourth-order valence-electron chi connectivity index (χ4n) is 3.77. The number of halogens is 3. The molecule has 8 heteroatoms. The molecular formula is C19H13ClF2N4O. The van der Waals surface area contributed by atoms with Crippen molar-refractivity contribution in [3.8, 4) is 5.69 Å². The maximum atomic E-state index is 14.3. The second-order valence-electron chi connectivity index (χ2n) is 6.85. The lowest BCUT2D eigenvalue weighted by molar-refractivity contribution is 0.102. The highest BCUT2D eigenvalue weighted by Gasteiger charge is 2.50. The number of anilines is 1. The van der Waals surface area contributed by atoms with Crippen LogP contribution in [0.1, 0.15) is 34.1 Å². The summed E-state index contributed by atoms with van der Waals surface area (Å²) in [6, 6.07) is 6.57. The van der Waals surface area contributed by atoms with E-state index in [0.29, 0.717) is 16.8 Å². The Morgan fingerprint density at radius 2 is 2.11 bits per heavy atom. The lowest BCUT2D eigenvalue weighted by Gasteiger charge is -2.07. The van der Waals surface area contributed by atoms with Crippen molar-refractivity contribution in [2.75, 3.05) is 5.32 Å². The van der Waals surface area contributed by atoms with E-state index in [1.165, 1.54) is 23.0 Å². The third-order valence-corrected chi connectivity index (χ3v) is 5.33. The summed E-state index contributed by atoms with van der Waals surface area (Å²) in [6.45, 7) is 0. The maximum Gasteiger partial charge on any atom is 0.276 e. The molecule has 1 fully saturated rings. The van der Waals surface area contributed by atoms with Gasteiger partial charge in [-0.15, -0.1) is 0 Å². The van der Waals surface area contributed by atoms with Crippen molar-refractivity contribution in [1.29, 1.82) is 0 Å². The quantitative estimate of drug-likeness (QED) is 0.689. The van der Waals surface area contributed by atoms with Crippen molar-refractivity contribution in [3.63, 3.8) is 0 Å². The summed E-state index contributed by atoms with van der Waals surface area (Å²) in [5.74, 6) is -1.01. The van der Waals surface area contributed by atoms with Crippen LogP contribution in [0.3, 0.4) is 0 Å². The van der Waals surface area contributed by atoms with Crippen LogP contribution in [0.25, 0.3) is 5.69 Å². The number of nitrogens with one attached hydrogen (secondary N) is 1. The van der Waals surface area contributed by atoms with E-state index < -0.39 is 17.5 Å². The molecule has 1 saturated carbocycles. The minimum atomic E-state index is -0.710. The smallest absolute Gasteiger partial charge is 0.276 e. The molecule has 2 aromatic heterocycles. The Morgan fingerprint density at radius 3 is 2.85 bits per heavy atom. The van der Waals surface area contributed by atoms with Gasteiger partial charge in [0.25, 0.3) is 5.91 Å². The van der Waals surface area contributed by atoms with Crippen molar-refractivity contribution in [2.45, 2.75) is 18.8 Å². The fourth-order valence-corrected chi connectivity index (χ4v) is 3.89. The number of amides is 1. The molecule has 2 aliphatic rings. The van der Waals surface area contributed by atoms with E-state index in [1.54, 1.807) is 12.1 Å².